The average molecular weight is 197 g/mol. The Kier molecular flexibility index (Phi) is 2.57. The molecule has 0 aliphatic heterocycles. The van der Waals surface area contributed by atoms with Crippen LogP contribution in [0.4, 0.5) is 17.1 Å². The Balaban J connectivity index is 3.40. The van der Waals surface area contributed by atoms with Gasteiger partial charge in [-0.2, -0.15) is 0 Å². The van der Waals surface area contributed by atoms with E-state index in [0.717, 1.165) is 0 Å². The molecule has 1 aromatic carbocycles. The van der Waals surface area contributed by atoms with Crippen molar-refractivity contribution in [3.05, 3.63) is 27.8 Å². The highest BCUT2D eigenvalue weighted by Gasteiger charge is 2.18. The summed E-state index contributed by atoms with van der Waals surface area (Å²) >= 11 is 0. The molecular formula is C8H11N3O3. The lowest BCUT2D eigenvalue weighted by atomic mass is 10.1. The normalized spacial score (nSPS) is 12.4. The second-order valence-electron chi connectivity index (χ2n) is 2.98. The molecule has 0 heterocycles. The molecule has 1 unspecified atom stereocenters. The summed E-state index contributed by atoms with van der Waals surface area (Å²) in [6.45, 7) is 1.47. The van der Waals surface area contributed by atoms with Gasteiger partial charge < -0.3 is 16.6 Å². The molecule has 0 aromatic heterocycles. The van der Waals surface area contributed by atoms with Crippen molar-refractivity contribution in [2.75, 3.05) is 11.5 Å². The van der Waals surface area contributed by atoms with Gasteiger partial charge in [0.15, 0.2) is 0 Å². The first-order valence-electron chi connectivity index (χ1n) is 3.95. The summed E-state index contributed by atoms with van der Waals surface area (Å²) in [5.74, 6) is 0. The van der Waals surface area contributed by atoms with E-state index in [1.54, 1.807) is 0 Å². The summed E-state index contributed by atoms with van der Waals surface area (Å²) in [6, 6.07) is 2.59. The standard InChI is InChI=1S/C8H11N3O3/c1-4(12)6-2-5(9)3-7(8(6)10)11(13)14/h2-4,12H,9-10H2,1H3. The third kappa shape index (κ3) is 1.74. The third-order valence-corrected chi connectivity index (χ3v) is 1.86. The second-order valence-corrected chi connectivity index (χ2v) is 2.98. The van der Waals surface area contributed by atoms with Gasteiger partial charge in [-0.25, -0.2) is 0 Å². The van der Waals surface area contributed by atoms with Crippen molar-refractivity contribution < 1.29 is 10.0 Å². The molecule has 0 saturated carbocycles. The predicted octanol–water partition coefficient (Wildman–Crippen LogP) is 0.812. The third-order valence-electron chi connectivity index (χ3n) is 1.86. The van der Waals surface area contributed by atoms with Gasteiger partial charge in [0.1, 0.15) is 5.69 Å². The van der Waals surface area contributed by atoms with E-state index >= 15 is 0 Å². The van der Waals surface area contributed by atoms with Crippen LogP contribution in [0.3, 0.4) is 0 Å². The summed E-state index contributed by atoms with van der Waals surface area (Å²) < 4.78 is 0. The zero-order chi connectivity index (χ0) is 10.9. The highest BCUT2D eigenvalue weighted by atomic mass is 16.6. The zero-order valence-corrected chi connectivity index (χ0v) is 7.60. The van der Waals surface area contributed by atoms with Crippen LogP contribution in [0.25, 0.3) is 0 Å². The van der Waals surface area contributed by atoms with E-state index in [-0.39, 0.29) is 22.6 Å². The second kappa shape index (κ2) is 3.51. The lowest BCUT2D eigenvalue weighted by molar-refractivity contribution is -0.383. The van der Waals surface area contributed by atoms with Gasteiger partial charge in [-0.1, -0.05) is 0 Å². The molecule has 1 aromatic rings. The summed E-state index contributed by atoms with van der Waals surface area (Å²) in [6.07, 6.45) is -0.878. The fraction of sp³-hybridized carbons (Fsp3) is 0.250. The minimum atomic E-state index is -0.878. The maximum Gasteiger partial charge on any atom is 0.294 e. The van der Waals surface area contributed by atoms with Crippen molar-refractivity contribution in [1.29, 1.82) is 0 Å². The summed E-state index contributed by atoms with van der Waals surface area (Å²) in [5, 5.41) is 19.8. The number of aliphatic hydroxyl groups is 1. The molecule has 0 saturated heterocycles. The van der Waals surface area contributed by atoms with Crippen LogP contribution in [0.5, 0.6) is 0 Å². The van der Waals surface area contributed by atoms with Crippen LogP contribution in [0.1, 0.15) is 18.6 Å². The number of nitrogens with zero attached hydrogens (tertiary/aromatic N) is 1. The van der Waals surface area contributed by atoms with Crippen molar-refractivity contribution in [3.63, 3.8) is 0 Å². The van der Waals surface area contributed by atoms with Crippen LogP contribution < -0.4 is 11.5 Å². The fourth-order valence-corrected chi connectivity index (χ4v) is 1.18. The molecule has 76 valence electrons. The van der Waals surface area contributed by atoms with Crippen molar-refractivity contribution in [2.45, 2.75) is 13.0 Å². The van der Waals surface area contributed by atoms with E-state index in [0.29, 0.717) is 0 Å². The Morgan fingerprint density at radius 1 is 1.50 bits per heavy atom. The minimum Gasteiger partial charge on any atom is -0.399 e. The molecule has 0 aliphatic carbocycles. The molecule has 0 bridgehead atoms. The fourth-order valence-electron chi connectivity index (χ4n) is 1.18. The number of nitro benzene ring substituents is 1. The molecule has 1 atom stereocenters. The van der Waals surface area contributed by atoms with Crippen LogP contribution in [-0.2, 0) is 0 Å². The smallest absolute Gasteiger partial charge is 0.294 e. The quantitative estimate of drug-likeness (QED) is 0.368. The first kappa shape index (κ1) is 10.3. The van der Waals surface area contributed by atoms with Gasteiger partial charge in [0.2, 0.25) is 0 Å². The lowest BCUT2D eigenvalue weighted by Gasteiger charge is -2.09. The van der Waals surface area contributed by atoms with Crippen LogP contribution in [0.15, 0.2) is 12.1 Å². The average Bonchev–Trinajstić information content (AvgIpc) is 2.07. The van der Waals surface area contributed by atoms with Crippen LogP contribution in [-0.4, -0.2) is 10.0 Å². The Hall–Kier alpha value is -1.82. The van der Waals surface area contributed by atoms with E-state index in [1.165, 1.54) is 19.1 Å². The largest absolute Gasteiger partial charge is 0.399 e. The maximum absolute atomic E-state index is 10.5. The zero-order valence-electron chi connectivity index (χ0n) is 7.60. The Bertz CT molecular complexity index is 376. The van der Waals surface area contributed by atoms with Gasteiger partial charge in [-0.3, -0.25) is 10.1 Å². The molecule has 5 N–H and O–H groups in total. The maximum atomic E-state index is 10.5. The van der Waals surface area contributed by atoms with E-state index in [9.17, 15) is 15.2 Å². The van der Waals surface area contributed by atoms with E-state index in [1.807, 2.05) is 0 Å². The summed E-state index contributed by atoms with van der Waals surface area (Å²) in [7, 11) is 0. The number of nitro groups is 1. The van der Waals surface area contributed by atoms with Gasteiger partial charge in [0.05, 0.1) is 11.0 Å². The molecule has 14 heavy (non-hydrogen) atoms. The van der Waals surface area contributed by atoms with E-state index in [2.05, 4.69) is 0 Å². The van der Waals surface area contributed by atoms with Gasteiger partial charge in [0, 0.05) is 17.3 Å². The highest BCUT2D eigenvalue weighted by molar-refractivity contribution is 5.69. The first-order chi connectivity index (χ1) is 6.43. The molecule has 0 fully saturated rings. The van der Waals surface area contributed by atoms with Gasteiger partial charge >= 0.3 is 0 Å². The van der Waals surface area contributed by atoms with Crippen LogP contribution in [0.2, 0.25) is 0 Å². The molecule has 6 heteroatoms. The van der Waals surface area contributed by atoms with Gasteiger partial charge in [-0.05, 0) is 13.0 Å². The van der Waals surface area contributed by atoms with Gasteiger partial charge in [0.25, 0.3) is 5.69 Å². The number of hydrogen-bond donors (Lipinski definition) is 3. The molecule has 0 radical (unpaired) electrons. The van der Waals surface area contributed by atoms with Crippen LogP contribution >= 0.6 is 0 Å². The number of rotatable bonds is 2. The monoisotopic (exact) mass is 197 g/mol. The van der Waals surface area contributed by atoms with Crippen molar-refractivity contribution in [1.82, 2.24) is 0 Å². The molecule has 0 aliphatic rings. The number of nitrogens with two attached hydrogens (primary N) is 2. The van der Waals surface area contributed by atoms with Crippen molar-refractivity contribution in [2.24, 2.45) is 0 Å². The lowest BCUT2D eigenvalue weighted by Crippen LogP contribution is -2.04. The molecular weight excluding hydrogens is 186 g/mol. The van der Waals surface area contributed by atoms with Crippen molar-refractivity contribution in [3.8, 4) is 0 Å². The van der Waals surface area contributed by atoms with Gasteiger partial charge in [-0.15, -0.1) is 0 Å². The number of anilines is 2. The Labute approximate surface area is 80.3 Å². The van der Waals surface area contributed by atoms with E-state index in [4.69, 9.17) is 11.5 Å². The molecule has 0 amide bonds. The number of benzene rings is 1. The van der Waals surface area contributed by atoms with Crippen molar-refractivity contribution >= 4 is 17.1 Å². The summed E-state index contributed by atoms with van der Waals surface area (Å²) in [4.78, 5) is 9.91. The van der Waals surface area contributed by atoms with Crippen LogP contribution in [0, 0.1) is 10.1 Å². The number of aliphatic hydroxyl groups excluding tert-OH is 1. The number of hydrogen-bond acceptors (Lipinski definition) is 5. The Morgan fingerprint density at radius 2 is 2.07 bits per heavy atom. The minimum absolute atomic E-state index is 0.0424. The number of nitrogen functional groups attached to an aromatic ring is 2. The predicted molar refractivity (Wildman–Crippen MR) is 52.6 cm³/mol. The molecule has 0 spiro atoms. The molecule has 1 rings (SSSR count). The summed E-state index contributed by atoms with van der Waals surface area (Å²) in [5.41, 5.74) is 11.1. The first-order valence-corrected chi connectivity index (χ1v) is 3.95. The SMILES string of the molecule is CC(O)c1cc(N)cc([N+](=O)[O-])c1N. The topological polar surface area (TPSA) is 115 Å². The Morgan fingerprint density at radius 3 is 2.50 bits per heavy atom. The molecule has 6 nitrogen and oxygen atoms in total. The van der Waals surface area contributed by atoms with E-state index < -0.39 is 11.0 Å². The highest BCUT2D eigenvalue weighted by Crippen LogP contribution is 2.31.